The van der Waals surface area contributed by atoms with Crippen LogP contribution in [0.1, 0.15) is 31.5 Å². The van der Waals surface area contributed by atoms with Crippen LogP contribution in [-0.2, 0) is 12.8 Å². The van der Waals surface area contributed by atoms with Crippen molar-refractivity contribution in [2.45, 2.75) is 39.2 Å². The highest BCUT2D eigenvalue weighted by atomic mass is 16.3. The molecular weight excluding hydrogens is 348 g/mol. The van der Waals surface area contributed by atoms with Crippen molar-refractivity contribution in [3.8, 4) is 22.5 Å². The number of fused-ring (bicyclic) bond motifs is 1. The van der Waals surface area contributed by atoms with Crippen LogP contribution in [0.25, 0.3) is 33.6 Å². The van der Waals surface area contributed by atoms with Gasteiger partial charge in [-0.2, -0.15) is 0 Å². The Balaban J connectivity index is 1.96. The van der Waals surface area contributed by atoms with E-state index in [2.05, 4.69) is 41.2 Å². The molecule has 0 fully saturated rings. The molecule has 0 aliphatic rings. The van der Waals surface area contributed by atoms with E-state index >= 15 is 0 Å². The molecule has 1 atom stereocenters. The van der Waals surface area contributed by atoms with Gasteiger partial charge in [0.05, 0.1) is 17.2 Å². The van der Waals surface area contributed by atoms with Gasteiger partial charge in [0.2, 0.25) is 5.71 Å². The Morgan fingerprint density at radius 3 is 2.39 bits per heavy atom. The molecule has 4 nitrogen and oxygen atoms in total. The third kappa shape index (κ3) is 3.56. The zero-order valence-corrected chi connectivity index (χ0v) is 16.2. The summed E-state index contributed by atoms with van der Waals surface area (Å²) in [6.45, 7) is 3.95. The van der Waals surface area contributed by atoms with Gasteiger partial charge >= 0.3 is 0 Å². The van der Waals surface area contributed by atoms with Gasteiger partial charge in [0.15, 0.2) is 0 Å². The van der Waals surface area contributed by atoms with E-state index in [-0.39, 0.29) is 6.10 Å². The summed E-state index contributed by atoms with van der Waals surface area (Å²) < 4.78 is 6.23. The van der Waals surface area contributed by atoms with Crippen molar-refractivity contribution in [2.24, 2.45) is 0 Å². The van der Waals surface area contributed by atoms with E-state index < -0.39 is 0 Å². The summed E-state index contributed by atoms with van der Waals surface area (Å²) in [6, 6.07) is 18.7. The van der Waals surface area contributed by atoms with Crippen LogP contribution in [-0.4, -0.2) is 21.2 Å². The van der Waals surface area contributed by atoms with E-state index in [0.29, 0.717) is 18.6 Å². The minimum Gasteiger partial charge on any atom is -0.437 e. The first-order valence-electron chi connectivity index (χ1n) is 9.76. The van der Waals surface area contributed by atoms with Gasteiger partial charge in [-0.05, 0) is 37.3 Å². The lowest BCUT2D eigenvalue weighted by atomic mass is 9.96. The maximum absolute atomic E-state index is 9.75. The zero-order valence-electron chi connectivity index (χ0n) is 16.2. The second-order valence-electron chi connectivity index (χ2n) is 7.11. The van der Waals surface area contributed by atoms with E-state index in [9.17, 15) is 5.11 Å². The van der Waals surface area contributed by atoms with Crippen molar-refractivity contribution in [3.63, 3.8) is 0 Å². The third-order valence-corrected chi connectivity index (χ3v) is 5.05. The van der Waals surface area contributed by atoms with Gasteiger partial charge in [0.1, 0.15) is 12.1 Å². The molecule has 0 spiro atoms. The average Bonchev–Trinajstić information content (AvgIpc) is 3.13. The normalized spacial score (nSPS) is 12.4. The summed E-state index contributed by atoms with van der Waals surface area (Å²) in [6.07, 6.45) is 3.48. The molecule has 0 amide bonds. The summed E-state index contributed by atoms with van der Waals surface area (Å²) in [4.78, 5) is 8.92. The van der Waals surface area contributed by atoms with Crippen molar-refractivity contribution < 1.29 is 9.52 Å². The highest BCUT2D eigenvalue weighted by Crippen LogP contribution is 2.41. The van der Waals surface area contributed by atoms with Crippen LogP contribution in [0, 0.1) is 0 Å². The van der Waals surface area contributed by atoms with Gasteiger partial charge in [-0.1, -0.05) is 61.5 Å². The number of benzene rings is 2. The van der Waals surface area contributed by atoms with E-state index in [0.717, 1.165) is 40.0 Å². The number of aromatic nitrogens is 2. The molecule has 0 saturated heterocycles. The highest BCUT2D eigenvalue weighted by molar-refractivity contribution is 6.01. The molecule has 0 unspecified atom stereocenters. The molecule has 0 saturated carbocycles. The van der Waals surface area contributed by atoms with Gasteiger partial charge in [-0.25, -0.2) is 9.97 Å². The fourth-order valence-corrected chi connectivity index (χ4v) is 3.50. The first-order chi connectivity index (χ1) is 13.7. The van der Waals surface area contributed by atoms with E-state index in [1.807, 2.05) is 30.3 Å². The molecule has 1 N–H and O–H groups in total. The Hall–Kier alpha value is -2.98. The number of aliphatic hydroxyl groups excluding tert-OH is 1. The molecule has 4 heteroatoms. The van der Waals surface area contributed by atoms with Crippen LogP contribution < -0.4 is 0 Å². The first kappa shape index (κ1) is 18.4. The number of aryl methyl sites for hydroxylation is 2. The van der Waals surface area contributed by atoms with Gasteiger partial charge in [-0.3, -0.25) is 0 Å². The number of nitrogens with zero attached hydrogens (tertiary/aromatic N) is 2. The predicted molar refractivity (Wildman–Crippen MR) is 112 cm³/mol. The minimum atomic E-state index is -0.377. The summed E-state index contributed by atoms with van der Waals surface area (Å²) in [7, 11) is 0. The van der Waals surface area contributed by atoms with Crippen molar-refractivity contribution in [3.05, 3.63) is 72.2 Å². The van der Waals surface area contributed by atoms with Crippen molar-refractivity contribution in [2.75, 3.05) is 0 Å². The molecule has 4 rings (SSSR count). The average molecular weight is 372 g/mol. The van der Waals surface area contributed by atoms with Crippen molar-refractivity contribution in [1.82, 2.24) is 9.97 Å². The van der Waals surface area contributed by atoms with Gasteiger partial charge in [-0.15, -0.1) is 0 Å². The molecule has 4 aromatic rings. The highest BCUT2D eigenvalue weighted by Gasteiger charge is 2.22. The number of rotatable bonds is 6. The fraction of sp³-hybridized carbons (Fsp3) is 0.250. The molecule has 0 aliphatic heterocycles. The molecule has 2 aromatic carbocycles. The van der Waals surface area contributed by atoms with Crippen LogP contribution in [0.4, 0.5) is 0 Å². The SMILES string of the molecule is CCc1ccc(-c2c(-c3ccccc3)oc3ncnc(CC[C@@H](C)O)c23)cc1. The number of furan rings is 1. The minimum absolute atomic E-state index is 0.377. The number of hydrogen-bond acceptors (Lipinski definition) is 4. The first-order valence-corrected chi connectivity index (χ1v) is 9.76. The summed E-state index contributed by atoms with van der Waals surface area (Å²) >= 11 is 0. The molecule has 0 radical (unpaired) electrons. The molecular formula is C24H24N2O2. The van der Waals surface area contributed by atoms with Crippen molar-refractivity contribution >= 4 is 11.1 Å². The lowest BCUT2D eigenvalue weighted by Gasteiger charge is -2.08. The van der Waals surface area contributed by atoms with E-state index in [1.54, 1.807) is 13.3 Å². The number of hydrogen-bond donors (Lipinski definition) is 1. The maximum atomic E-state index is 9.75. The Kier molecular flexibility index (Phi) is 5.22. The Morgan fingerprint density at radius 1 is 0.964 bits per heavy atom. The molecule has 2 heterocycles. The smallest absolute Gasteiger partial charge is 0.230 e. The third-order valence-electron chi connectivity index (χ3n) is 5.05. The number of aliphatic hydroxyl groups is 1. The maximum Gasteiger partial charge on any atom is 0.230 e. The van der Waals surface area contributed by atoms with E-state index in [1.165, 1.54) is 5.56 Å². The monoisotopic (exact) mass is 372 g/mol. The summed E-state index contributed by atoms with van der Waals surface area (Å²) in [5, 5.41) is 10.7. The van der Waals surface area contributed by atoms with Crippen LogP contribution in [0.2, 0.25) is 0 Å². The second-order valence-corrected chi connectivity index (χ2v) is 7.11. The predicted octanol–water partition coefficient (Wildman–Crippen LogP) is 5.43. The Morgan fingerprint density at radius 2 is 1.71 bits per heavy atom. The standard InChI is InChI=1S/C24H24N2O2/c1-3-17-10-12-18(13-11-17)21-22-20(14-9-16(2)27)25-15-26-24(22)28-23(21)19-7-5-4-6-8-19/h4-8,10-13,15-16,27H,3,9,14H2,1-2H3/t16-/m1/s1. The summed E-state index contributed by atoms with van der Waals surface area (Å²) in [5.74, 6) is 0.804. The Bertz CT molecular complexity index is 1070. The molecule has 2 aromatic heterocycles. The van der Waals surface area contributed by atoms with Crippen LogP contribution >= 0.6 is 0 Å². The molecule has 0 aliphatic carbocycles. The zero-order chi connectivity index (χ0) is 19.5. The van der Waals surface area contributed by atoms with Crippen molar-refractivity contribution in [1.29, 1.82) is 0 Å². The van der Waals surface area contributed by atoms with Crippen LogP contribution in [0.15, 0.2) is 65.3 Å². The van der Waals surface area contributed by atoms with Gasteiger partial charge < -0.3 is 9.52 Å². The Labute approximate surface area is 164 Å². The molecule has 28 heavy (non-hydrogen) atoms. The lowest BCUT2D eigenvalue weighted by molar-refractivity contribution is 0.184. The lowest BCUT2D eigenvalue weighted by Crippen LogP contribution is -2.03. The molecule has 0 bridgehead atoms. The van der Waals surface area contributed by atoms with Gasteiger partial charge in [0, 0.05) is 11.1 Å². The fourth-order valence-electron chi connectivity index (χ4n) is 3.50. The summed E-state index contributed by atoms with van der Waals surface area (Å²) in [5.41, 5.74) is 5.91. The van der Waals surface area contributed by atoms with Crippen LogP contribution in [0.5, 0.6) is 0 Å². The largest absolute Gasteiger partial charge is 0.437 e. The quantitative estimate of drug-likeness (QED) is 0.490. The topological polar surface area (TPSA) is 59.2 Å². The molecule has 142 valence electrons. The van der Waals surface area contributed by atoms with E-state index in [4.69, 9.17) is 4.42 Å². The second kappa shape index (κ2) is 7.95. The van der Waals surface area contributed by atoms with Gasteiger partial charge in [0.25, 0.3) is 0 Å². The van der Waals surface area contributed by atoms with Crippen LogP contribution in [0.3, 0.4) is 0 Å².